The Morgan fingerprint density at radius 3 is 2.55 bits per heavy atom. The highest BCUT2D eigenvalue weighted by molar-refractivity contribution is 6.30. The van der Waals surface area contributed by atoms with Crippen molar-refractivity contribution in [2.45, 2.75) is 56.4 Å². The van der Waals surface area contributed by atoms with Crippen LogP contribution in [0.2, 0.25) is 5.02 Å². The SMILES string of the molecule is O=C(NC1CCC(CO)CC1)C1(c2cccc(Cl)c2)CCC1. The first-order valence-electron chi connectivity index (χ1n) is 8.32. The summed E-state index contributed by atoms with van der Waals surface area (Å²) in [5.41, 5.74) is 0.673. The van der Waals surface area contributed by atoms with Gasteiger partial charge >= 0.3 is 0 Å². The van der Waals surface area contributed by atoms with Crippen molar-refractivity contribution in [3.8, 4) is 0 Å². The van der Waals surface area contributed by atoms with Crippen molar-refractivity contribution in [3.05, 3.63) is 34.9 Å². The summed E-state index contributed by atoms with van der Waals surface area (Å²) in [6, 6.07) is 7.99. The number of carbonyl (C=O) groups excluding carboxylic acids is 1. The molecule has 2 saturated carbocycles. The molecule has 2 aliphatic rings. The minimum absolute atomic E-state index is 0.161. The van der Waals surface area contributed by atoms with Gasteiger partial charge in [-0.05, 0) is 62.1 Å². The van der Waals surface area contributed by atoms with Crippen molar-refractivity contribution >= 4 is 17.5 Å². The average Bonchev–Trinajstić information content (AvgIpc) is 2.47. The second kappa shape index (κ2) is 6.59. The lowest BCUT2D eigenvalue weighted by Crippen LogP contribution is -2.52. The molecule has 0 heterocycles. The number of aliphatic hydroxyl groups is 1. The third-order valence-corrected chi connectivity index (χ3v) is 5.69. The number of benzene rings is 1. The summed E-state index contributed by atoms with van der Waals surface area (Å²) in [5.74, 6) is 0.576. The van der Waals surface area contributed by atoms with Crippen molar-refractivity contribution in [2.75, 3.05) is 6.61 Å². The number of halogens is 1. The lowest BCUT2D eigenvalue weighted by atomic mass is 9.63. The molecule has 22 heavy (non-hydrogen) atoms. The topological polar surface area (TPSA) is 49.3 Å². The van der Waals surface area contributed by atoms with Crippen LogP contribution >= 0.6 is 11.6 Å². The van der Waals surface area contributed by atoms with Gasteiger partial charge in [-0.3, -0.25) is 4.79 Å². The Balaban J connectivity index is 1.68. The van der Waals surface area contributed by atoms with Crippen molar-refractivity contribution in [1.82, 2.24) is 5.32 Å². The number of nitrogens with one attached hydrogen (secondary N) is 1. The van der Waals surface area contributed by atoms with Gasteiger partial charge in [-0.2, -0.15) is 0 Å². The molecule has 4 heteroatoms. The Hall–Kier alpha value is -1.06. The van der Waals surface area contributed by atoms with Gasteiger partial charge in [-0.1, -0.05) is 30.2 Å². The number of aliphatic hydroxyl groups excluding tert-OH is 1. The van der Waals surface area contributed by atoms with Crippen molar-refractivity contribution < 1.29 is 9.90 Å². The minimum Gasteiger partial charge on any atom is -0.396 e. The first kappa shape index (κ1) is 15.8. The quantitative estimate of drug-likeness (QED) is 0.892. The highest BCUT2D eigenvalue weighted by Crippen LogP contribution is 2.44. The molecular formula is C18H24ClNO2. The van der Waals surface area contributed by atoms with Gasteiger partial charge in [0.1, 0.15) is 0 Å². The fraction of sp³-hybridized carbons (Fsp3) is 0.611. The number of rotatable bonds is 4. The number of hydrogen-bond acceptors (Lipinski definition) is 2. The molecule has 0 aromatic heterocycles. The zero-order chi connectivity index (χ0) is 15.6. The van der Waals surface area contributed by atoms with Crippen molar-refractivity contribution in [1.29, 1.82) is 0 Å². The molecule has 0 bridgehead atoms. The molecule has 0 spiro atoms. The van der Waals surface area contributed by atoms with Crippen LogP contribution in [0.15, 0.2) is 24.3 Å². The van der Waals surface area contributed by atoms with Crippen LogP contribution in [-0.2, 0) is 10.2 Å². The molecule has 1 amide bonds. The van der Waals surface area contributed by atoms with Crippen LogP contribution in [0.5, 0.6) is 0 Å². The normalized spacial score (nSPS) is 27.0. The van der Waals surface area contributed by atoms with E-state index in [4.69, 9.17) is 11.6 Å². The van der Waals surface area contributed by atoms with E-state index in [2.05, 4.69) is 5.32 Å². The number of carbonyl (C=O) groups is 1. The van der Waals surface area contributed by atoms with E-state index in [1.54, 1.807) is 0 Å². The molecule has 2 N–H and O–H groups in total. The Morgan fingerprint density at radius 1 is 1.27 bits per heavy atom. The van der Waals surface area contributed by atoms with E-state index >= 15 is 0 Å². The summed E-state index contributed by atoms with van der Waals surface area (Å²) in [7, 11) is 0. The molecule has 2 fully saturated rings. The van der Waals surface area contributed by atoms with E-state index in [1.165, 1.54) is 0 Å². The van der Waals surface area contributed by atoms with Gasteiger partial charge in [0.05, 0.1) is 5.41 Å². The predicted octanol–water partition coefficient (Wildman–Crippen LogP) is 3.43. The molecule has 3 nitrogen and oxygen atoms in total. The fourth-order valence-electron chi connectivity index (χ4n) is 3.78. The lowest BCUT2D eigenvalue weighted by molar-refractivity contribution is -0.131. The highest BCUT2D eigenvalue weighted by atomic mass is 35.5. The van der Waals surface area contributed by atoms with E-state index in [0.29, 0.717) is 10.9 Å². The molecule has 0 saturated heterocycles. The maximum Gasteiger partial charge on any atom is 0.230 e. The van der Waals surface area contributed by atoms with Crippen LogP contribution < -0.4 is 5.32 Å². The number of amides is 1. The lowest BCUT2D eigenvalue weighted by Gasteiger charge is -2.42. The van der Waals surface area contributed by atoms with Gasteiger partial charge in [0.25, 0.3) is 0 Å². The molecule has 1 aromatic carbocycles. The zero-order valence-electron chi connectivity index (χ0n) is 12.9. The van der Waals surface area contributed by atoms with Gasteiger partial charge in [0.2, 0.25) is 5.91 Å². The maximum absolute atomic E-state index is 12.9. The smallest absolute Gasteiger partial charge is 0.230 e. The molecular weight excluding hydrogens is 298 g/mol. The second-order valence-corrected chi connectivity index (χ2v) is 7.26. The molecule has 0 aliphatic heterocycles. The van der Waals surface area contributed by atoms with Crippen LogP contribution in [0.3, 0.4) is 0 Å². The average molecular weight is 322 g/mol. The predicted molar refractivity (Wildman–Crippen MR) is 88.0 cm³/mol. The molecule has 0 atom stereocenters. The van der Waals surface area contributed by atoms with E-state index in [1.807, 2.05) is 24.3 Å². The third kappa shape index (κ3) is 3.02. The third-order valence-electron chi connectivity index (χ3n) is 5.46. The summed E-state index contributed by atoms with van der Waals surface area (Å²) in [6.45, 7) is 0.271. The molecule has 120 valence electrons. The molecule has 1 aromatic rings. The van der Waals surface area contributed by atoms with Crippen molar-refractivity contribution in [3.63, 3.8) is 0 Å². The van der Waals surface area contributed by atoms with E-state index in [0.717, 1.165) is 50.5 Å². The van der Waals surface area contributed by atoms with Gasteiger partial charge < -0.3 is 10.4 Å². The Bertz CT molecular complexity index is 534. The molecule has 3 rings (SSSR count). The Labute approximate surface area is 137 Å². The van der Waals surface area contributed by atoms with E-state index in [-0.39, 0.29) is 24.0 Å². The first-order valence-corrected chi connectivity index (χ1v) is 8.70. The number of hydrogen-bond donors (Lipinski definition) is 2. The van der Waals surface area contributed by atoms with Crippen LogP contribution in [0, 0.1) is 5.92 Å². The first-order chi connectivity index (χ1) is 10.6. The monoisotopic (exact) mass is 321 g/mol. The molecule has 0 unspecified atom stereocenters. The highest BCUT2D eigenvalue weighted by Gasteiger charge is 2.46. The fourth-order valence-corrected chi connectivity index (χ4v) is 3.97. The summed E-state index contributed by atoms with van der Waals surface area (Å²) in [5, 5.41) is 13.2. The van der Waals surface area contributed by atoms with Gasteiger partial charge in [-0.15, -0.1) is 0 Å². The Morgan fingerprint density at radius 2 is 2.00 bits per heavy atom. The van der Waals surface area contributed by atoms with Gasteiger partial charge in [-0.25, -0.2) is 0 Å². The van der Waals surface area contributed by atoms with Crippen molar-refractivity contribution in [2.24, 2.45) is 5.92 Å². The van der Waals surface area contributed by atoms with Crippen LogP contribution in [0.25, 0.3) is 0 Å². The summed E-state index contributed by atoms with van der Waals surface area (Å²) in [6.07, 6.45) is 6.87. The molecule has 2 aliphatic carbocycles. The Kier molecular flexibility index (Phi) is 4.74. The minimum atomic E-state index is -0.376. The largest absolute Gasteiger partial charge is 0.396 e. The standard InChI is InChI=1S/C18H24ClNO2/c19-15-4-1-3-14(11-15)18(9-2-10-18)17(22)20-16-7-5-13(12-21)6-8-16/h1,3-4,11,13,16,21H,2,5-10,12H2,(H,20,22). The summed E-state index contributed by atoms with van der Waals surface area (Å²) in [4.78, 5) is 12.9. The van der Waals surface area contributed by atoms with Crippen LogP contribution in [-0.4, -0.2) is 23.7 Å². The zero-order valence-corrected chi connectivity index (χ0v) is 13.6. The summed E-state index contributed by atoms with van der Waals surface area (Å²) >= 11 is 6.11. The van der Waals surface area contributed by atoms with E-state index < -0.39 is 0 Å². The molecule has 0 radical (unpaired) electrons. The maximum atomic E-state index is 12.9. The van der Waals surface area contributed by atoms with Gasteiger partial charge in [0.15, 0.2) is 0 Å². The van der Waals surface area contributed by atoms with Crippen LogP contribution in [0.4, 0.5) is 0 Å². The van der Waals surface area contributed by atoms with Gasteiger partial charge in [0, 0.05) is 17.7 Å². The van der Waals surface area contributed by atoms with E-state index in [9.17, 15) is 9.90 Å². The summed E-state index contributed by atoms with van der Waals surface area (Å²) < 4.78 is 0. The van der Waals surface area contributed by atoms with Crippen LogP contribution in [0.1, 0.15) is 50.5 Å². The second-order valence-electron chi connectivity index (χ2n) is 6.82.